The van der Waals surface area contributed by atoms with Crippen LogP contribution in [0.5, 0.6) is 5.75 Å². The molecule has 1 heterocycles. The van der Waals surface area contributed by atoms with E-state index in [1.165, 1.54) is 6.26 Å². The van der Waals surface area contributed by atoms with E-state index in [1.54, 1.807) is 19.2 Å². The lowest BCUT2D eigenvalue weighted by molar-refractivity contribution is 0.0923. The summed E-state index contributed by atoms with van der Waals surface area (Å²) in [5.74, 6) is 0.720. The summed E-state index contributed by atoms with van der Waals surface area (Å²) >= 11 is 6.24. The van der Waals surface area contributed by atoms with Crippen LogP contribution in [0.2, 0.25) is 5.02 Å². The molecule has 0 saturated heterocycles. The lowest BCUT2D eigenvalue weighted by Gasteiger charge is -2.15. The number of amides is 1. The van der Waals surface area contributed by atoms with Crippen LogP contribution in [-0.4, -0.2) is 13.0 Å². The SMILES string of the molecule is COc1cc(C)c(Cl)c(C)c1CNC(=O)c1ccco1. The molecule has 0 fully saturated rings. The van der Waals surface area contributed by atoms with E-state index >= 15 is 0 Å². The molecule has 0 aliphatic carbocycles. The first-order valence-corrected chi connectivity index (χ1v) is 6.56. The molecule has 20 heavy (non-hydrogen) atoms. The normalized spacial score (nSPS) is 10.4. The van der Waals surface area contributed by atoms with Gasteiger partial charge in [-0.15, -0.1) is 0 Å². The molecule has 0 bridgehead atoms. The number of carbonyl (C=O) groups is 1. The van der Waals surface area contributed by atoms with Gasteiger partial charge in [-0.1, -0.05) is 11.6 Å². The van der Waals surface area contributed by atoms with Crippen LogP contribution < -0.4 is 10.1 Å². The number of halogens is 1. The fourth-order valence-corrected chi connectivity index (χ4v) is 2.19. The van der Waals surface area contributed by atoms with Gasteiger partial charge in [0, 0.05) is 17.1 Å². The molecule has 4 nitrogen and oxygen atoms in total. The predicted molar refractivity (Wildman–Crippen MR) is 77.4 cm³/mol. The van der Waals surface area contributed by atoms with Crippen LogP contribution in [0, 0.1) is 13.8 Å². The van der Waals surface area contributed by atoms with Crippen LogP contribution >= 0.6 is 11.6 Å². The summed E-state index contributed by atoms with van der Waals surface area (Å²) in [6.07, 6.45) is 1.46. The first-order valence-electron chi connectivity index (χ1n) is 6.19. The minimum Gasteiger partial charge on any atom is -0.496 e. The molecule has 0 atom stereocenters. The zero-order valence-corrected chi connectivity index (χ0v) is 12.4. The average Bonchev–Trinajstić information content (AvgIpc) is 2.97. The van der Waals surface area contributed by atoms with Crippen LogP contribution in [0.4, 0.5) is 0 Å². The van der Waals surface area contributed by atoms with Crippen molar-refractivity contribution < 1.29 is 13.9 Å². The largest absolute Gasteiger partial charge is 0.496 e. The third-order valence-electron chi connectivity index (χ3n) is 3.16. The van der Waals surface area contributed by atoms with E-state index in [4.69, 9.17) is 20.8 Å². The van der Waals surface area contributed by atoms with E-state index in [9.17, 15) is 4.79 Å². The van der Waals surface area contributed by atoms with Crippen molar-refractivity contribution in [2.45, 2.75) is 20.4 Å². The van der Waals surface area contributed by atoms with E-state index in [1.807, 2.05) is 19.9 Å². The molecule has 106 valence electrons. The molecular formula is C15H16ClNO3. The smallest absolute Gasteiger partial charge is 0.287 e. The summed E-state index contributed by atoms with van der Waals surface area (Å²) in [5, 5.41) is 3.48. The van der Waals surface area contributed by atoms with Crippen molar-refractivity contribution in [2.75, 3.05) is 7.11 Å². The number of benzene rings is 1. The number of aryl methyl sites for hydroxylation is 1. The predicted octanol–water partition coefficient (Wildman–Crippen LogP) is 3.49. The lowest BCUT2D eigenvalue weighted by Crippen LogP contribution is -2.23. The molecule has 2 rings (SSSR count). The summed E-state index contributed by atoms with van der Waals surface area (Å²) in [4.78, 5) is 11.9. The van der Waals surface area contributed by atoms with Gasteiger partial charge in [0.05, 0.1) is 13.4 Å². The molecule has 5 heteroatoms. The standard InChI is InChI=1S/C15H16ClNO3/c1-9-7-13(19-3)11(10(2)14(9)16)8-17-15(18)12-5-4-6-20-12/h4-7H,8H2,1-3H3,(H,17,18). The van der Waals surface area contributed by atoms with E-state index < -0.39 is 0 Å². The number of hydrogen-bond donors (Lipinski definition) is 1. The summed E-state index contributed by atoms with van der Waals surface area (Å²) in [6.45, 7) is 4.16. The van der Waals surface area contributed by atoms with E-state index in [0.29, 0.717) is 17.3 Å². The van der Waals surface area contributed by atoms with E-state index in [-0.39, 0.29) is 11.7 Å². The van der Waals surface area contributed by atoms with Gasteiger partial charge in [0.15, 0.2) is 5.76 Å². The van der Waals surface area contributed by atoms with Gasteiger partial charge in [0.25, 0.3) is 5.91 Å². The van der Waals surface area contributed by atoms with Gasteiger partial charge in [-0.2, -0.15) is 0 Å². The summed E-state index contributed by atoms with van der Waals surface area (Å²) < 4.78 is 10.4. The number of hydrogen-bond acceptors (Lipinski definition) is 3. The van der Waals surface area contributed by atoms with Crippen molar-refractivity contribution in [2.24, 2.45) is 0 Å². The van der Waals surface area contributed by atoms with Crippen molar-refractivity contribution in [1.29, 1.82) is 0 Å². The Morgan fingerprint density at radius 3 is 2.80 bits per heavy atom. The Hall–Kier alpha value is -1.94. The van der Waals surface area contributed by atoms with E-state index in [0.717, 1.165) is 16.7 Å². The highest BCUT2D eigenvalue weighted by Crippen LogP contribution is 2.31. The van der Waals surface area contributed by atoms with E-state index in [2.05, 4.69) is 5.32 Å². The Balaban J connectivity index is 2.21. The number of nitrogens with one attached hydrogen (secondary N) is 1. The number of carbonyl (C=O) groups excluding carboxylic acids is 1. The second-order valence-corrected chi connectivity index (χ2v) is 4.85. The summed E-state index contributed by atoms with van der Waals surface area (Å²) in [7, 11) is 1.60. The maximum atomic E-state index is 11.9. The minimum atomic E-state index is -0.270. The molecule has 0 aliphatic rings. The highest BCUT2D eigenvalue weighted by molar-refractivity contribution is 6.32. The molecule has 0 saturated carbocycles. The van der Waals surface area contributed by atoms with Crippen LogP contribution in [0.25, 0.3) is 0 Å². The van der Waals surface area contributed by atoms with Crippen molar-refractivity contribution in [3.05, 3.63) is 51.9 Å². The molecule has 1 N–H and O–H groups in total. The second-order valence-electron chi connectivity index (χ2n) is 4.47. The Bertz CT molecular complexity index is 621. The first-order chi connectivity index (χ1) is 9.54. The molecule has 1 amide bonds. The topological polar surface area (TPSA) is 51.5 Å². The molecule has 0 spiro atoms. The lowest BCUT2D eigenvalue weighted by atomic mass is 10.0. The van der Waals surface area contributed by atoms with Gasteiger partial charge in [0.1, 0.15) is 5.75 Å². The fourth-order valence-electron chi connectivity index (χ4n) is 2.03. The molecular weight excluding hydrogens is 278 g/mol. The Morgan fingerprint density at radius 2 is 2.20 bits per heavy atom. The maximum absolute atomic E-state index is 11.9. The van der Waals surface area contributed by atoms with Crippen LogP contribution in [-0.2, 0) is 6.54 Å². The zero-order valence-electron chi connectivity index (χ0n) is 11.6. The molecule has 1 aromatic heterocycles. The average molecular weight is 294 g/mol. The molecule has 1 aromatic carbocycles. The summed E-state index contributed by atoms with van der Waals surface area (Å²) in [6, 6.07) is 5.15. The van der Waals surface area contributed by atoms with Crippen molar-refractivity contribution >= 4 is 17.5 Å². The molecule has 0 radical (unpaired) electrons. The Labute approximate surface area is 122 Å². The molecule has 0 aliphatic heterocycles. The molecule has 2 aromatic rings. The third kappa shape index (κ3) is 2.80. The number of ether oxygens (including phenoxy) is 1. The highest BCUT2D eigenvalue weighted by Gasteiger charge is 2.15. The van der Waals surface area contributed by atoms with Gasteiger partial charge in [-0.25, -0.2) is 0 Å². The highest BCUT2D eigenvalue weighted by atomic mass is 35.5. The second kappa shape index (κ2) is 6.01. The van der Waals surface area contributed by atoms with Gasteiger partial charge in [0.2, 0.25) is 0 Å². The van der Waals surface area contributed by atoms with Crippen molar-refractivity contribution in [3.8, 4) is 5.75 Å². The van der Waals surface area contributed by atoms with Gasteiger partial charge in [-0.05, 0) is 43.2 Å². The minimum absolute atomic E-state index is 0.270. The van der Waals surface area contributed by atoms with Crippen molar-refractivity contribution in [3.63, 3.8) is 0 Å². The number of furan rings is 1. The van der Waals surface area contributed by atoms with Gasteiger partial charge in [-0.3, -0.25) is 4.79 Å². The molecule has 0 unspecified atom stereocenters. The fraction of sp³-hybridized carbons (Fsp3) is 0.267. The van der Waals surface area contributed by atoms with Crippen LogP contribution in [0.3, 0.4) is 0 Å². The van der Waals surface area contributed by atoms with Gasteiger partial charge < -0.3 is 14.5 Å². The van der Waals surface area contributed by atoms with Crippen LogP contribution in [0.15, 0.2) is 28.9 Å². The Morgan fingerprint density at radius 1 is 1.45 bits per heavy atom. The Kier molecular flexibility index (Phi) is 4.35. The van der Waals surface area contributed by atoms with Gasteiger partial charge >= 0.3 is 0 Å². The monoisotopic (exact) mass is 293 g/mol. The third-order valence-corrected chi connectivity index (χ3v) is 3.75. The number of methoxy groups -OCH3 is 1. The number of rotatable bonds is 4. The van der Waals surface area contributed by atoms with Crippen LogP contribution in [0.1, 0.15) is 27.2 Å². The van der Waals surface area contributed by atoms with Crippen molar-refractivity contribution in [1.82, 2.24) is 5.32 Å². The summed E-state index contributed by atoms with van der Waals surface area (Å²) in [5.41, 5.74) is 2.72. The maximum Gasteiger partial charge on any atom is 0.287 e. The first kappa shape index (κ1) is 14.5. The quantitative estimate of drug-likeness (QED) is 0.939. The zero-order chi connectivity index (χ0) is 14.7.